The molecule has 1 aromatic rings. The first-order chi connectivity index (χ1) is 9.24. The minimum atomic E-state index is -0.182. The molecule has 1 aliphatic rings. The van der Waals surface area contributed by atoms with Crippen LogP contribution >= 0.6 is 0 Å². The van der Waals surface area contributed by atoms with Crippen LogP contribution in [-0.4, -0.2) is 29.2 Å². The zero-order chi connectivity index (χ0) is 13.7. The lowest BCUT2D eigenvalue weighted by atomic mass is 10.1. The Morgan fingerprint density at radius 3 is 2.89 bits per heavy atom. The largest absolute Gasteiger partial charge is 0.395 e. The van der Waals surface area contributed by atoms with Gasteiger partial charge < -0.3 is 10.8 Å². The SMILES string of the molecule is NCc1ccc(F)c(CN2CCCCCC2CO)c1. The number of hydrogen-bond acceptors (Lipinski definition) is 3. The van der Waals surface area contributed by atoms with Crippen LogP contribution in [0, 0.1) is 5.82 Å². The second-order valence-electron chi connectivity index (χ2n) is 5.29. The van der Waals surface area contributed by atoms with Crippen LogP contribution in [0.15, 0.2) is 18.2 Å². The van der Waals surface area contributed by atoms with Crippen molar-refractivity contribution in [2.24, 2.45) is 5.73 Å². The standard InChI is InChI=1S/C15H23FN2O/c16-15-6-5-12(9-17)8-13(15)10-18-7-3-1-2-4-14(18)11-19/h5-6,8,14,19H,1-4,7,9-11,17H2. The molecule has 3 nitrogen and oxygen atoms in total. The van der Waals surface area contributed by atoms with Crippen molar-refractivity contribution in [3.05, 3.63) is 35.1 Å². The molecule has 0 aromatic heterocycles. The molecule has 0 radical (unpaired) electrons. The number of hydrogen-bond donors (Lipinski definition) is 2. The van der Waals surface area contributed by atoms with Crippen molar-refractivity contribution < 1.29 is 9.50 Å². The van der Waals surface area contributed by atoms with Crippen molar-refractivity contribution in [1.82, 2.24) is 4.90 Å². The average molecular weight is 266 g/mol. The third-order valence-corrected chi connectivity index (χ3v) is 3.93. The van der Waals surface area contributed by atoms with Crippen molar-refractivity contribution in [3.63, 3.8) is 0 Å². The molecular formula is C15H23FN2O. The summed E-state index contributed by atoms with van der Waals surface area (Å²) in [7, 11) is 0. The Bertz CT molecular complexity index is 411. The maximum Gasteiger partial charge on any atom is 0.127 e. The molecule has 1 unspecified atom stereocenters. The Balaban J connectivity index is 2.13. The lowest BCUT2D eigenvalue weighted by Gasteiger charge is -2.28. The van der Waals surface area contributed by atoms with Gasteiger partial charge in [0.05, 0.1) is 6.61 Å². The van der Waals surface area contributed by atoms with Crippen LogP contribution < -0.4 is 5.73 Å². The molecule has 0 bridgehead atoms. The second kappa shape index (κ2) is 6.98. The van der Waals surface area contributed by atoms with Crippen molar-refractivity contribution in [1.29, 1.82) is 0 Å². The third-order valence-electron chi connectivity index (χ3n) is 3.93. The average Bonchev–Trinajstić information content (AvgIpc) is 2.66. The molecular weight excluding hydrogens is 243 g/mol. The first kappa shape index (κ1) is 14.4. The monoisotopic (exact) mass is 266 g/mol. The van der Waals surface area contributed by atoms with Gasteiger partial charge >= 0.3 is 0 Å². The fraction of sp³-hybridized carbons (Fsp3) is 0.600. The van der Waals surface area contributed by atoms with Crippen LogP contribution in [0.2, 0.25) is 0 Å². The molecule has 1 saturated heterocycles. The Labute approximate surface area is 114 Å². The summed E-state index contributed by atoms with van der Waals surface area (Å²) in [4.78, 5) is 2.20. The molecule has 1 heterocycles. The predicted octanol–water partition coefficient (Wildman–Crippen LogP) is 2.02. The summed E-state index contributed by atoms with van der Waals surface area (Å²) in [6.45, 7) is 2.07. The van der Waals surface area contributed by atoms with Crippen LogP contribution in [0.3, 0.4) is 0 Å². The molecule has 19 heavy (non-hydrogen) atoms. The molecule has 4 heteroatoms. The van der Waals surface area contributed by atoms with Gasteiger partial charge in [0.15, 0.2) is 0 Å². The normalized spacial score (nSPS) is 21.3. The minimum Gasteiger partial charge on any atom is -0.395 e. The van der Waals surface area contributed by atoms with E-state index in [4.69, 9.17) is 5.73 Å². The van der Waals surface area contributed by atoms with Crippen LogP contribution in [0.25, 0.3) is 0 Å². The van der Waals surface area contributed by atoms with Crippen LogP contribution in [-0.2, 0) is 13.1 Å². The molecule has 0 amide bonds. The summed E-state index contributed by atoms with van der Waals surface area (Å²) in [6, 6.07) is 5.21. The van der Waals surface area contributed by atoms with E-state index in [2.05, 4.69) is 4.90 Å². The van der Waals surface area contributed by atoms with E-state index in [0.717, 1.165) is 31.4 Å². The molecule has 0 spiro atoms. The lowest BCUT2D eigenvalue weighted by Crippen LogP contribution is -2.37. The van der Waals surface area contributed by atoms with E-state index in [-0.39, 0.29) is 18.5 Å². The molecule has 3 N–H and O–H groups in total. The Hall–Kier alpha value is -0.970. The van der Waals surface area contributed by atoms with Gasteiger partial charge in [0.25, 0.3) is 0 Å². The Kier molecular flexibility index (Phi) is 5.31. The Morgan fingerprint density at radius 2 is 2.16 bits per heavy atom. The van der Waals surface area contributed by atoms with Crippen LogP contribution in [0.1, 0.15) is 36.8 Å². The smallest absolute Gasteiger partial charge is 0.127 e. The van der Waals surface area contributed by atoms with Crippen molar-refractivity contribution in [2.45, 2.75) is 44.8 Å². The molecule has 106 valence electrons. The molecule has 1 aliphatic heterocycles. The molecule has 0 aliphatic carbocycles. The van der Waals surface area contributed by atoms with Crippen LogP contribution in [0.5, 0.6) is 0 Å². The van der Waals surface area contributed by atoms with E-state index in [1.807, 2.05) is 6.07 Å². The highest BCUT2D eigenvalue weighted by Gasteiger charge is 2.21. The highest BCUT2D eigenvalue weighted by molar-refractivity contribution is 5.25. The zero-order valence-electron chi connectivity index (χ0n) is 11.3. The second-order valence-corrected chi connectivity index (χ2v) is 5.29. The number of benzene rings is 1. The summed E-state index contributed by atoms with van der Waals surface area (Å²) in [6.07, 6.45) is 4.45. The van der Waals surface area contributed by atoms with Gasteiger partial charge in [-0.05, 0) is 31.0 Å². The van der Waals surface area contributed by atoms with Gasteiger partial charge in [0.1, 0.15) is 5.82 Å². The summed E-state index contributed by atoms with van der Waals surface area (Å²) >= 11 is 0. The van der Waals surface area contributed by atoms with E-state index < -0.39 is 0 Å². The molecule has 1 fully saturated rings. The number of aliphatic hydroxyl groups is 1. The minimum absolute atomic E-state index is 0.151. The lowest BCUT2D eigenvalue weighted by molar-refractivity contribution is 0.117. The van der Waals surface area contributed by atoms with Gasteiger partial charge in [-0.2, -0.15) is 0 Å². The van der Waals surface area contributed by atoms with Gasteiger partial charge in [0.2, 0.25) is 0 Å². The van der Waals surface area contributed by atoms with Gasteiger partial charge in [-0.3, -0.25) is 4.90 Å². The number of aliphatic hydroxyl groups excluding tert-OH is 1. The fourth-order valence-corrected chi connectivity index (χ4v) is 2.75. The molecule has 1 atom stereocenters. The van der Waals surface area contributed by atoms with Gasteiger partial charge in [-0.1, -0.05) is 25.0 Å². The highest BCUT2D eigenvalue weighted by Crippen LogP contribution is 2.21. The third kappa shape index (κ3) is 3.75. The van der Waals surface area contributed by atoms with E-state index in [9.17, 15) is 9.50 Å². The van der Waals surface area contributed by atoms with Crippen LogP contribution in [0.4, 0.5) is 4.39 Å². The van der Waals surface area contributed by atoms with Gasteiger partial charge in [-0.15, -0.1) is 0 Å². The van der Waals surface area contributed by atoms with E-state index in [1.165, 1.54) is 12.5 Å². The highest BCUT2D eigenvalue weighted by atomic mass is 19.1. The maximum atomic E-state index is 13.9. The summed E-state index contributed by atoms with van der Waals surface area (Å²) in [5, 5.41) is 9.48. The number of nitrogens with zero attached hydrogens (tertiary/aromatic N) is 1. The van der Waals surface area contributed by atoms with E-state index >= 15 is 0 Å². The molecule has 2 rings (SSSR count). The van der Waals surface area contributed by atoms with Crippen molar-refractivity contribution in [3.8, 4) is 0 Å². The number of nitrogens with two attached hydrogens (primary N) is 1. The molecule has 0 saturated carbocycles. The number of halogens is 1. The maximum absolute atomic E-state index is 13.9. The predicted molar refractivity (Wildman–Crippen MR) is 74.0 cm³/mol. The van der Waals surface area contributed by atoms with Gasteiger partial charge in [0, 0.05) is 24.7 Å². The van der Waals surface area contributed by atoms with Crippen molar-refractivity contribution >= 4 is 0 Å². The topological polar surface area (TPSA) is 49.5 Å². The van der Waals surface area contributed by atoms with Gasteiger partial charge in [-0.25, -0.2) is 4.39 Å². The summed E-state index contributed by atoms with van der Waals surface area (Å²) < 4.78 is 13.9. The number of rotatable bonds is 4. The summed E-state index contributed by atoms with van der Waals surface area (Å²) in [5.41, 5.74) is 7.24. The summed E-state index contributed by atoms with van der Waals surface area (Å²) in [5.74, 6) is -0.182. The number of likely N-dealkylation sites (tertiary alicyclic amines) is 1. The first-order valence-corrected chi connectivity index (χ1v) is 7.07. The molecule has 1 aromatic carbocycles. The zero-order valence-corrected chi connectivity index (χ0v) is 11.3. The fourth-order valence-electron chi connectivity index (χ4n) is 2.75. The Morgan fingerprint density at radius 1 is 1.32 bits per heavy atom. The van der Waals surface area contributed by atoms with E-state index in [0.29, 0.717) is 18.7 Å². The quantitative estimate of drug-likeness (QED) is 0.876. The first-order valence-electron chi connectivity index (χ1n) is 7.07. The van der Waals surface area contributed by atoms with Crippen molar-refractivity contribution in [2.75, 3.05) is 13.2 Å². The van der Waals surface area contributed by atoms with E-state index in [1.54, 1.807) is 6.07 Å².